The summed E-state index contributed by atoms with van der Waals surface area (Å²) in [6.45, 7) is 2.90. The van der Waals surface area contributed by atoms with Gasteiger partial charge in [-0.05, 0) is 18.1 Å². The minimum Gasteiger partial charge on any atom is -0.385 e. The Morgan fingerprint density at radius 2 is 1.85 bits per heavy atom. The molecule has 1 rings (SSSR count). The van der Waals surface area contributed by atoms with Gasteiger partial charge in [-0.1, -0.05) is 30.0 Å². The van der Waals surface area contributed by atoms with Crippen LogP contribution < -0.4 is 0 Å². The number of methoxy groups -OCH3 is 1. The van der Waals surface area contributed by atoms with E-state index in [1.54, 1.807) is 7.11 Å². The van der Waals surface area contributed by atoms with Crippen molar-refractivity contribution in [2.24, 2.45) is 0 Å². The molecule has 0 fully saturated rings. The van der Waals surface area contributed by atoms with Crippen molar-refractivity contribution in [2.75, 3.05) is 40.1 Å². The lowest BCUT2D eigenvalue weighted by molar-refractivity contribution is 0.0336. The van der Waals surface area contributed by atoms with Crippen LogP contribution >= 0.6 is 0 Å². The quantitative estimate of drug-likeness (QED) is 0.550. The lowest BCUT2D eigenvalue weighted by Crippen LogP contribution is -2.07. The van der Waals surface area contributed by atoms with Crippen LogP contribution in [0.15, 0.2) is 24.3 Å². The fraction of sp³-hybridized carbons (Fsp3) is 0.500. The molecule has 0 aliphatic heterocycles. The average Bonchev–Trinajstić information content (AvgIpc) is 2.49. The molecule has 0 aromatic heterocycles. The van der Waals surface area contributed by atoms with E-state index in [9.17, 15) is 0 Å². The van der Waals surface area contributed by atoms with Crippen molar-refractivity contribution < 1.29 is 19.3 Å². The summed E-state index contributed by atoms with van der Waals surface area (Å²) in [7, 11) is 1.68. The zero-order valence-corrected chi connectivity index (χ0v) is 11.9. The molecule has 1 aromatic carbocycles. The van der Waals surface area contributed by atoms with Gasteiger partial charge in [-0.2, -0.15) is 0 Å². The first-order chi connectivity index (χ1) is 9.88. The Kier molecular flexibility index (Phi) is 9.54. The number of hydrogen-bond donors (Lipinski definition) is 1. The number of aliphatic hydroxyl groups excluding tert-OH is 1. The Bertz CT molecular complexity index is 420. The summed E-state index contributed by atoms with van der Waals surface area (Å²) in [6, 6.07) is 7.76. The molecule has 110 valence electrons. The summed E-state index contributed by atoms with van der Waals surface area (Å²) in [5, 5.41) is 8.72. The fourth-order valence-electron chi connectivity index (χ4n) is 1.61. The van der Waals surface area contributed by atoms with Crippen molar-refractivity contribution in [2.45, 2.75) is 13.0 Å². The van der Waals surface area contributed by atoms with Gasteiger partial charge in [0.25, 0.3) is 0 Å². The van der Waals surface area contributed by atoms with Crippen molar-refractivity contribution in [3.05, 3.63) is 35.4 Å². The summed E-state index contributed by atoms with van der Waals surface area (Å²) in [5.74, 6) is 5.56. The van der Waals surface area contributed by atoms with Gasteiger partial charge >= 0.3 is 0 Å². The van der Waals surface area contributed by atoms with E-state index in [1.807, 2.05) is 24.3 Å². The fourth-order valence-corrected chi connectivity index (χ4v) is 1.61. The van der Waals surface area contributed by atoms with E-state index in [2.05, 4.69) is 11.8 Å². The lowest BCUT2D eigenvalue weighted by Gasteiger charge is -2.07. The SMILES string of the molecule is COCCCOCCOCc1ccccc1C#CCO. The van der Waals surface area contributed by atoms with Crippen molar-refractivity contribution in [1.29, 1.82) is 0 Å². The van der Waals surface area contributed by atoms with Crippen LogP contribution in [0.4, 0.5) is 0 Å². The second-order valence-electron chi connectivity index (χ2n) is 4.13. The highest BCUT2D eigenvalue weighted by Gasteiger charge is 1.99. The molecule has 0 saturated heterocycles. The maximum Gasteiger partial charge on any atom is 0.104 e. The van der Waals surface area contributed by atoms with E-state index < -0.39 is 0 Å². The Morgan fingerprint density at radius 3 is 2.65 bits per heavy atom. The summed E-state index contributed by atoms with van der Waals surface area (Å²) < 4.78 is 15.9. The highest BCUT2D eigenvalue weighted by atomic mass is 16.5. The highest BCUT2D eigenvalue weighted by Crippen LogP contribution is 2.08. The predicted octanol–water partition coefficient (Wildman–Crippen LogP) is 1.60. The Balaban J connectivity index is 2.21. The molecule has 0 atom stereocenters. The van der Waals surface area contributed by atoms with Gasteiger partial charge in [0.1, 0.15) is 6.61 Å². The van der Waals surface area contributed by atoms with Crippen LogP contribution in [-0.4, -0.2) is 45.3 Å². The first-order valence-electron chi connectivity index (χ1n) is 6.70. The van der Waals surface area contributed by atoms with Crippen LogP contribution in [0.1, 0.15) is 17.5 Å². The third-order valence-corrected chi connectivity index (χ3v) is 2.59. The topological polar surface area (TPSA) is 47.9 Å². The van der Waals surface area contributed by atoms with Crippen LogP contribution in [0.5, 0.6) is 0 Å². The normalized spacial score (nSPS) is 10.1. The maximum atomic E-state index is 8.72. The maximum absolute atomic E-state index is 8.72. The van der Waals surface area contributed by atoms with E-state index in [0.29, 0.717) is 26.4 Å². The van der Waals surface area contributed by atoms with Gasteiger partial charge in [-0.25, -0.2) is 0 Å². The first-order valence-corrected chi connectivity index (χ1v) is 6.70. The number of ether oxygens (including phenoxy) is 3. The van der Waals surface area contributed by atoms with Crippen LogP contribution in [0.2, 0.25) is 0 Å². The van der Waals surface area contributed by atoms with E-state index in [4.69, 9.17) is 19.3 Å². The van der Waals surface area contributed by atoms with Crippen molar-refractivity contribution >= 4 is 0 Å². The van der Waals surface area contributed by atoms with Crippen LogP contribution in [0, 0.1) is 11.8 Å². The standard InChI is InChI=1S/C16H22O4/c1-18-10-5-11-19-12-13-20-14-16-7-3-2-6-15(16)8-4-9-17/h2-3,6-7,17H,5,9-14H2,1H3. The number of hydrogen-bond acceptors (Lipinski definition) is 4. The summed E-state index contributed by atoms with van der Waals surface area (Å²) in [6.07, 6.45) is 0.899. The molecule has 20 heavy (non-hydrogen) atoms. The molecule has 0 bridgehead atoms. The molecule has 4 heteroatoms. The lowest BCUT2D eigenvalue weighted by atomic mass is 10.1. The van der Waals surface area contributed by atoms with Gasteiger partial charge in [-0.3, -0.25) is 0 Å². The van der Waals surface area contributed by atoms with Crippen molar-refractivity contribution in [1.82, 2.24) is 0 Å². The van der Waals surface area contributed by atoms with Gasteiger partial charge in [0.05, 0.1) is 19.8 Å². The van der Waals surface area contributed by atoms with Gasteiger partial charge in [0, 0.05) is 25.9 Å². The average molecular weight is 278 g/mol. The van der Waals surface area contributed by atoms with Crippen LogP contribution in [0.3, 0.4) is 0 Å². The molecule has 0 radical (unpaired) electrons. The Morgan fingerprint density at radius 1 is 1.05 bits per heavy atom. The minimum absolute atomic E-state index is 0.134. The molecule has 0 heterocycles. The first kappa shape index (κ1) is 16.7. The van der Waals surface area contributed by atoms with E-state index in [0.717, 1.165) is 24.2 Å². The monoisotopic (exact) mass is 278 g/mol. The van der Waals surface area contributed by atoms with E-state index >= 15 is 0 Å². The Labute approximate surface area is 120 Å². The molecule has 4 nitrogen and oxygen atoms in total. The van der Waals surface area contributed by atoms with Crippen molar-refractivity contribution in [3.63, 3.8) is 0 Å². The number of benzene rings is 1. The summed E-state index contributed by atoms with van der Waals surface area (Å²) in [4.78, 5) is 0. The van der Waals surface area contributed by atoms with Gasteiger partial charge in [0.15, 0.2) is 0 Å². The molecular weight excluding hydrogens is 256 g/mol. The number of rotatable bonds is 9. The molecule has 1 aromatic rings. The molecule has 0 aliphatic rings. The van der Waals surface area contributed by atoms with Gasteiger partial charge in [0.2, 0.25) is 0 Å². The molecule has 0 unspecified atom stereocenters. The molecule has 0 aliphatic carbocycles. The second kappa shape index (κ2) is 11.4. The molecular formula is C16H22O4. The predicted molar refractivity (Wildman–Crippen MR) is 77.4 cm³/mol. The van der Waals surface area contributed by atoms with Gasteiger partial charge in [-0.15, -0.1) is 0 Å². The van der Waals surface area contributed by atoms with Gasteiger partial charge < -0.3 is 19.3 Å². The minimum atomic E-state index is -0.134. The Hall–Kier alpha value is -1.38. The third kappa shape index (κ3) is 7.27. The third-order valence-electron chi connectivity index (χ3n) is 2.59. The highest BCUT2D eigenvalue weighted by molar-refractivity contribution is 5.40. The van der Waals surface area contributed by atoms with E-state index in [1.165, 1.54) is 0 Å². The molecule has 0 saturated carbocycles. The smallest absolute Gasteiger partial charge is 0.104 e. The number of aliphatic hydroxyl groups is 1. The van der Waals surface area contributed by atoms with E-state index in [-0.39, 0.29) is 6.61 Å². The molecule has 0 amide bonds. The zero-order valence-electron chi connectivity index (χ0n) is 11.9. The zero-order chi connectivity index (χ0) is 14.5. The largest absolute Gasteiger partial charge is 0.385 e. The van der Waals surface area contributed by atoms with Crippen LogP contribution in [-0.2, 0) is 20.8 Å². The summed E-state index contributed by atoms with van der Waals surface area (Å²) >= 11 is 0. The summed E-state index contributed by atoms with van der Waals surface area (Å²) in [5.41, 5.74) is 1.91. The van der Waals surface area contributed by atoms with Crippen molar-refractivity contribution in [3.8, 4) is 11.8 Å². The second-order valence-corrected chi connectivity index (χ2v) is 4.13. The molecule has 0 spiro atoms. The molecule has 1 N–H and O–H groups in total. The van der Waals surface area contributed by atoms with Crippen LogP contribution in [0.25, 0.3) is 0 Å².